The molecule has 1 rings (SSSR count). The van der Waals surface area contributed by atoms with Crippen LogP contribution in [0.25, 0.3) is 0 Å². The van der Waals surface area contributed by atoms with Crippen LogP contribution < -0.4 is 78.7 Å². The van der Waals surface area contributed by atoms with Crippen LogP contribution in [0.3, 0.4) is 0 Å². The Morgan fingerprint density at radius 2 is 1.92 bits per heavy atom. The van der Waals surface area contributed by atoms with Gasteiger partial charge in [-0.3, -0.25) is 0 Å². The number of hydrogen-bond donors (Lipinski definition) is 0. The summed E-state index contributed by atoms with van der Waals surface area (Å²) in [6.45, 7) is -0.402. The van der Waals surface area contributed by atoms with E-state index in [4.69, 9.17) is 4.74 Å². The van der Waals surface area contributed by atoms with Gasteiger partial charge in [-0.2, -0.15) is 0 Å². The van der Waals surface area contributed by atoms with Gasteiger partial charge in [0.05, 0.1) is 5.97 Å². The van der Waals surface area contributed by atoms with E-state index < -0.39 is 12.6 Å². The fourth-order valence-corrected chi connectivity index (χ4v) is 1.03. The molecule has 0 fully saturated rings. The predicted octanol–water partition coefficient (Wildman–Crippen LogP) is -2.58. The summed E-state index contributed by atoms with van der Waals surface area (Å²) in [7, 11) is 0. The van der Waals surface area contributed by atoms with E-state index >= 15 is 0 Å². The molecule has 1 aromatic carbocycles. The van der Waals surface area contributed by atoms with E-state index in [2.05, 4.69) is 22.6 Å². The van der Waals surface area contributed by atoms with Gasteiger partial charge in [-0.15, -0.1) is 0 Å². The molecule has 0 aliphatic rings. The molecule has 3 nitrogen and oxygen atoms in total. The van der Waals surface area contributed by atoms with Crippen molar-refractivity contribution in [1.82, 2.24) is 0 Å². The predicted molar refractivity (Wildman–Crippen MR) is 49.7 cm³/mol. The van der Waals surface area contributed by atoms with Crippen LogP contribution in [0.1, 0.15) is 0 Å². The zero-order valence-electron chi connectivity index (χ0n) is 7.12. The Bertz CT molecular complexity index is 273. The number of carboxylic acid groups (broad SMARTS) is 1. The average Bonchev–Trinajstić information content (AvgIpc) is 2.03. The van der Waals surface area contributed by atoms with Crippen molar-refractivity contribution < 1.29 is 83.5 Å². The number of carbonyl (C=O) groups is 1. The van der Waals surface area contributed by atoms with Crippen LogP contribution in [-0.4, -0.2) is 12.6 Å². The van der Waals surface area contributed by atoms with E-state index in [1.165, 1.54) is 0 Å². The largest absolute Gasteiger partial charge is 1.00 e. The number of benzene rings is 1. The molecule has 0 bridgehead atoms. The van der Waals surface area contributed by atoms with Crippen molar-refractivity contribution in [2.45, 2.75) is 0 Å². The van der Waals surface area contributed by atoms with E-state index in [1.54, 1.807) is 12.1 Å². The smallest absolute Gasteiger partial charge is 0.546 e. The average molecular weight is 410 g/mol. The molecule has 5 heteroatoms. The normalized spacial score (nSPS) is 8.69. The minimum absolute atomic E-state index is 0. The second-order valence-electron chi connectivity index (χ2n) is 2.11. The van der Waals surface area contributed by atoms with Crippen LogP contribution in [0.5, 0.6) is 5.75 Å². The molecule has 0 aromatic heterocycles. The maximum absolute atomic E-state index is 10.0. The summed E-state index contributed by atoms with van der Waals surface area (Å²) in [5.74, 6) is -0.673. The maximum atomic E-state index is 10.0. The Labute approximate surface area is 149 Å². The molecule has 0 saturated heterocycles. The van der Waals surface area contributed by atoms with Gasteiger partial charge in [0.1, 0.15) is 12.4 Å². The molecule has 0 N–H and O–H groups in total. The number of halogens is 1. The fraction of sp³-hybridized carbons (Fsp3) is 0.125. The zero-order chi connectivity index (χ0) is 8.97. The van der Waals surface area contributed by atoms with E-state index in [1.807, 2.05) is 12.1 Å². The number of ether oxygens (including phenoxy) is 1. The van der Waals surface area contributed by atoms with E-state index in [-0.39, 0.29) is 68.9 Å². The first-order chi connectivity index (χ1) is 5.68. The van der Waals surface area contributed by atoms with Gasteiger partial charge in [-0.25, -0.2) is 0 Å². The standard InChI is InChI=1S/C8H7IO3.Cs/c9-6-1-3-7(4-2-6)12-5-8(10)11;/h1-4H,5H2,(H,10,11);/q;+1/p-1. The quantitative estimate of drug-likeness (QED) is 0.515. The van der Waals surface area contributed by atoms with Crippen molar-refractivity contribution in [3.8, 4) is 5.75 Å². The van der Waals surface area contributed by atoms with Gasteiger partial charge < -0.3 is 14.6 Å². The molecule has 1 aromatic rings. The number of carboxylic acids is 1. The van der Waals surface area contributed by atoms with Gasteiger partial charge in [-0.05, 0) is 46.9 Å². The Morgan fingerprint density at radius 1 is 1.38 bits per heavy atom. The number of aliphatic carboxylic acids is 1. The van der Waals surface area contributed by atoms with Crippen LogP contribution in [0.2, 0.25) is 0 Å². The number of carbonyl (C=O) groups excluding carboxylic acids is 1. The number of rotatable bonds is 3. The third-order valence-corrected chi connectivity index (χ3v) is 1.89. The van der Waals surface area contributed by atoms with Crippen LogP contribution >= 0.6 is 22.6 Å². The van der Waals surface area contributed by atoms with E-state index in [0.717, 1.165) is 3.57 Å². The summed E-state index contributed by atoms with van der Waals surface area (Å²) in [6, 6.07) is 7.10. The molecule has 0 spiro atoms. The van der Waals surface area contributed by atoms with Crippen molar-refractivity contribution in [3.05, 3.63) is 27.8 Å². The van der Waals surface area contributed by atoms with Gasteiger partial charge in [0.15, 0.2) is 0 Å². The molecule has 64 valence electrons. The van der Waals surface area contributed by atoms with Crippen molar-refractivity contribution in [1.29, 1.82) is 0 Å². The zero-order valence-corrected chi connectivity index (χ0v) is 15.6. The third-order valence-electron chi connectivity index (χ3n) is 1.17. The van der Waals surface area contributed by atoms with Crippen LogP contribution in [0, 0.1) is 3.57 Å². The third kappa shape index (κ3) is 6.37. The van der Waals surface area contributed by atoms with Crippen LogP contribution in [0.4, 0.5) is 0 Å². The molecular formula is C8H6CsIO3. The summed E-state index contributed by atoms with van der Waals surface area (Å²) in [4.78, 5) is 10.0. The first-order valence-electron chi connectivity index (χ1n) is 3.26. The Morgan fingerprint density at radius 3 is 2.38 bits per heavy atom. The molecular weight excluding hydrogens is 404 g/mol. The van der Waals surface area contributed by atoms with Crippen LogP contribution in [-0.2, 0) is 4.79 Å². The van der Waals surface area contributed by atoms with Crippen molar-refractivity contribution in [2.24, 2.45) is 0 Å². The molecule has 0 heterocycles. The van der Waals surface area contributed by atoms with Gasteiger partial charge in [0.2, 0.25) is 0 Å². The maximum Gasteiger partial charge on any atom is 1.00 e. The minimum atomic E-state index is -1.21. The van der Waals surface area contributed by atoms with Crippen molar-refractivity contribution >= 4 is 28.6 Å². The Hall–Kier alpha value is 1.27. The van der Waals surface area contributed by atoms with Crippen molar-refractivity contribution in [2.75, 3.05) is 6.61 Å². The number of hydrogen-bond acceptors (Lipinski definition) is 3. The molecule has 0 amide bonds. The van der Waals surface area contributed by atoms with E-state index in [0.29, 0.717) is 5.75 Å². The molecule has 13 heavy (non-hydrogen) atoms. The summed E-state index contributed by atoms with van der Waals surface area (Å²) in [6.07, 6.45) is 0. The topological polar surface area (TPSA) is 49.4 Å². The SMILES string of the molecule is O=C([O-])COc1ccc(I)cc1.[Cs+]. The van der Waals surface area contributed by atoms with Gasteiger partial charge in [-0.1, -0.05) is 0 Å². The molecule has 0 aliphatic carbocycles. The molecule has 0 atom stereocenters. The van der Waals surface area contributed by atoms with E-state index in [9.17, 15) is 9.90 Å². The second kappa shape index (κ2) is 7.55. The summed E-state index contributed by atoms with van der Waals surface area (Å²) >= 11 is 2.15. The summed E-state index contributed by atoms with van der Waals surface area (Å²) in [5, 5.41) is 10.0. The first kappa shape index (κ1) is 14.3. The van der Waals surface area contributed by atoms with Gasteiger partial charge >= 0.3 is 68.9 Å². The Balaban J connectivity index is 0.00000144. The molecule has 0 saturated carbocycles. The molecule has 0 aliphatic heterocycles. The monoisotopic (exact) mass is 410 g/mol. The Kier molecular flexibility index (Phi) is 8.29. The first-order valence-corrected chi connectivity index (χ1v) is 4.34. The molecule has 0 unspecified atom stereocenters. The van der Waals surface area contributed by atoms with Crippen LogP contribution in [0.15, 0.2) is 24.3 Å². The summed E-state index contributed by atoms with van der Waals surface area (Å²) < 4.78 is 5.93. The van der Waals surface area contributed by atoms with Gasteiger partial charge in [0, 0.05) is 3.57 Å². The van der Waals surface area contributed by atoms with Crippen molar-refractivity contribution in [3.63, 3.8) is 0 Å². The fourth-order valence-electron chi connectivity index (χ4n) is 0.673. The second-order valence-corrected chi connectivity index (χ2v) is 3.36. The molecule has 0 radical (unpaired) electrons. The summed E-state index contributed by atoms with van der Waals surface area (Å²) in [5.41, 5.74) is 0. The van der Waals surface area contributed by atoms with Gasteiger partial charge in [0.25, 0.3) is 0 Å². The minimum Gasteiger partial charge on any atom is -0.546 e.